The standard InChI is InChI=1S/C12H14BrN5O3S/c1-20-9-3-7(4-16-18-6-15-17-12(18)22)2-8(13)11(9)21-5-10(14)19/h2-3,6,16H,4-5H2,1H3,(H2,14,19)(H,17,22). The third kappa shape index (κ3) is 3.98. The summed E-state index contributed by atoms with van der Waals surface area (Å²) < 4.78 is 13.3. The van der Waals surface area contributed by atoms with Crippen LogP contribution in [-0.2, 0) is 11.3 Å². The molecular formula is C12H14BrN5O3S. The van der Waals surface area contributed by atoms with E-state index in [0.29, 0.717) is 27.3 Å². The monoisotopic (exact) mass is 387 g/mol. The fourth-order valence-electron chi connectivity index (χ4n) is 1.70. The Morgan fingerprint density at radius 2 is 2.36 bits per heavy atom. The smallest absolute Gasteiger partial charge is 0.255 e. The Labute approximate surface area is 139 Å². The van der Waals surface area contributed by atoms with Crippen molar-refractivity contribution in [3.63, 3.8) is 0 Å². The molecule has 0 saturated carbocycles. The zero-order valence-corrected chi connectivity index (χ0v) is 14.0. The van der Waals surface area contributed by atoms with Crippen molar-refractivity contribution in [1.82, 2.24) is 14.9 Å². The number of primary amides is 1. The fourth-order valence-corrected chi connectivity index (χ4v) is 2.46. The molecule has 0 fully saturated rings. The van der Waals surface area contributed by atoms with Gasteiger partial charge in [-0.15, -0.1) is 0 Å². The van der Waals surface area contributed by atoms with Gasteiger partial charge in [0.05, 0.1) is 18.1 Å². The van der Waals surface area contributed by atoms with Gasteiger partial charge in [-0.1, -0.05) is 0 Å². The number of hydrogen-bond donors (Lipinski definition) is 3. The maximum Gasteiger partial charge on any atom is 0.255 e. The number of methoxy groups -OCH3 is 1. The summed E-state index contributed by atoms with van der Waals surface area (Å²) in [4.78, 5) is 10.8. The lowest BCUT2D eigenvalue weighted by Gasteiger charge is -2.14. The van der Waals surface area contributed by atoms with Crippen molar-refractivity contribution in [1.29, 1.82) is 0 Å². The van der Waals surface area contributed by atoms with Crippen molar-refractivity contribution in [3.05, 3.63) is 33.3 Å². The highest BCUT2D eigenvalue weighted by Gasteiger charge is 2.12. The number of ether oxygens (including phenoxy) is 2. The van der Waals surface area contributed by atoms with Gasteiger partial charge in [0.15, 0.2) is 18.1 Å². The summed E-state index contributed by atoms with van der Waals surface area (Å²) in [6.45, 7) is 0.260. The lowest BCUT2D eigenvalue weighted by atomic mass is 10.2. The number of halogens is 1. The molecular weight excluding hydrogens is 374 g/mol. The summed E-state index contributed by atoms with van der Waals surface area (Å²) in [6, 6.07) is 3.63. The van der Waals surface area contributed by atoms with Crippen molar-refractivity contribution >= 4 is 34.1 Å². The Morgan fingerprint density at radius 3 is 2.95 bits per heavy atom. The zero-order valence-electron chi connectivity index (χ0n) is 11.6. The van der Waals surface area contributed by atoms with E-state index in [-0.39, 0.29) is 6.61 Å². The third-order valence-electron chi connectivity index (χ3n) is 2.65. The first-order valence-electron chi connectivity index (χ1n) is 6.14. The summed E-state index contributed by atoms with van der Waals surface area (Å²) in [6.07, 6.45) is 1.54. The van der Waals surface area contributed by atoms with Crippen molar-refractivity contribution < 1.29 is 14.3 Å². The van der Waals surface area contributed by atoms with E-state index in [2.05, 4.69) is 31.6 Å². The van der Waals surface area contributed by atoms with Gasteiger partial charge in [0, 0.05) is 0 Å². The number of nitrogens with zero attached hydrogens (tertiary/aromatic N) is 2. The van der Waals surface area contributed by atoms with Crippen LogP contribution in [0.2, 0.25) is 0 Å². The number of carbonyl (C=O) groups excluding carboxylic acids is 1. The van der Waals surface area contributed by atoms with Gasteiger partial charge in [-0.3, -0.25) is 9.89 Å². The number of nitrogens with two attached hydrogens (primary N) is 1. The van der Waals surface area contributed by atoms with Gasteiger partial charge in [0.25, 0.3) is 5.91 Å². The molecule has 118 valence electrons. The van der Waals surface area contributed by atoms with Gasteiger partial charge in [0.1, 0.15) is 6.33 Å². The number of aromatic nitrogens is 3. The first-order chi connectivity index (χ1) is 10.5. The maximum absolute atomic E-state index is 10.8. The van der Waals surface area contributed by atoms with Crippen molar-refractivity contribution in [3.8, 4) is 11.5 Å². The van der Waals surface area contributed by atoms with Crippen LogP contribution in [0, 0.1) is 4.77 Å². The molecule has 2 rings (SSSR count). The molecule has 0 aliphatic carbocycles. The molecule has 0 atom stereocenters. The molecule has 0 aliphatic rings. The topological polar surface area (TPSA) is 107 Å². The molecule has 0 spiro atoms. The number of rotatable bonds is 7. The quantitative estimate of drug-likeness (QED) is 0.618. The molecule has 1 amide bonds. The Balaban J connectivity index is 2.16. The lowest BCUT2D eigenvalue weighted by molar-refractivity contribution is -0.119. The van der Waals surface area contributed by atoms with Crippen LogP contribution in [0.5, 0.6) is 11.5 Å². The summed E-state index contributed by atoms with van der Waals surface area (Å²) in [5, 5.41) is 6.46. The third-order valence-corrected chi connectivity index (χ3v) is 3.53. The molecule has 1 aromatic carbocycles. The highest BCUT2D eigenvalue weighted by atomic mass is 79.9. The van der Waals surface area contributed by atoms with Gasteiger partial charge in [-0.2, -0.15) is 5.10 Å². The van der Waals surface area contributed by atoms with Crippen LogP contribution >= 0.6 is 28.1 Å². The SMILES string of the molecule is COc1cc(CNn2cn[nH]c2=S)cc(Br)c1OCC(N)=O. The molecule has 2 aromatic rings. The number of amides is 1. The molecule has 10 heteroatoms. The number of hydrogen-bond acceptors (Lipinski definition) is 6. The number of benzene rings is 1. The highest BCUT2D eigenvalue weighted by Crippen LogP contribution is 2.36. The summed E-state index contributed by atoms with van der Waals surface area (Å²) in [5.74, 6) is 0.349. The second-order valence-corrected chi connectivity index (χ2v) is 5.47. The first kappa shape index (κ1) is 16.3. The van der Waals surface area contributed by atoms with Gasteiger partial charge in [0.2, 0.25) is 4.77 Å². The lowest BCUT2D eigenvalue weighted by Crippen LogP contribution is -2.20. The van der Waals surface area contributed by atoms with Gasteiger partial charge in [-0.05, 0) is 45.8 Å². The average molecular weight is 388 g/mol. The number of nitrogens with one attached hydrogen (secondary N) is 2. The molecule has 8 nitrogen and oxygen atoms in total. The Kier molecular flexibility index (Phi) is 5.39. The predicted molar refractivity (Wildman–Crippen MR) is 85.9 cm³/mol. The minimum atomic E-state index is -0.561. The second kappa shape index (κ2) is 7.27. The molecule has 0 unspecified atom stereocenters. The maximum atomic E-state index is 10.8. The zero-order chi connectivity index (χ0) is 16.1. The number of aromatic amines is 1. The van der Waals surface area contributed by atoms with E-state index in [1.54, 1.807) is 17.1 Å². The van der Waals surface area contributed by atoms with E-state index in [1.807, 2.05) is 6.07 Å². The van der Waals surface area contributed by atoms with Crippen LogP contribution in [0.25, 0.3) is 0 Å². The van der Waals surface area contributed by atoms with Gasteiger partial charge >= 0.3 is 0 Å². The van der Waals surface area contributed by atoms with E-state index in [0.717, 1.165) is 5.56 Å². The summed E-state index contributed by atoms with van der Waals surface area (Å²) in [5.41, 5.74) is 9.08. The van der Waals surface area contributed by atoms with Crippen LogP contribution in [0.15, 0.2) is 22.9 Å². The molecule has 22 heavy (non-hydrogen) atoms. The normalized spacial score (nSPS) is 10.3. The molecule has 0 saturated heterocycles. The minimum Gasteiger partial charge on any atom is -0.493 e. The molecule has 0 bridgehead atoms. The number of carbonyl (C=O) groups is 1. The Morgan fingerprint density at radius 1 is 1.59 bits per heavy atom. The van der Waals surface area contributed by atoms with Crippen LogP contribution in [0.4, 0.5) is 0 Å². The van der Waals surface area contributed by atoms with Crippen LogP contribution < -0.4 is 20.6 Å². The minimum absolute atomic E-state index is 0.225. The van der Waals surface area contributed by atoms with E-state index < -0.39 is 5.91 Å². The summed E-state index contributed by atoms with van der Waals surface area (Å²) >= 11 is 8.43. The Bertz CT molecular complexity index is 730. The van der Waals surface area contributed by atoms with E-state index in [1.165, 1.54) is 7.11 Å². The van der Waals surface area contributed by atoms with Crippen molar-refractivity contribution in [2.24, 2.45) is 5.73 Å². The number of H-pyrrole nitrogens is 1. The first-order valence-corrected chi connectivity index (χ1v) is 7.34. The average Bonchev–Trinajstić information content (AvgIpc) is 2.88. The van der Waals surface area contributed by atoms with E-state index in [4.69, 9.17) is 27.4 Å². The van der Waals surface area contributed by atoms with Crippen molar-refractivity contribution in [2.75, 3.05) is 19.1 Å². The molecule has 1 heterocycles. The van der Waals surface area contributed by atoms with Gasteiger partial charge < -0.3 is 20.6 Å². The molecule has 0 radical (unpaired) electrons. The van der Waals surface area contributed by atoms with Crippen LogP contribution in [0.1, 0.15) is 5.56 Å². The van der Waals surface area contributed by atoms with Crippen molar-refractivity contribution in [2.45, 2.75) is 6.54 Å². The summed E-state index contributed by atoms with van der Waals surface area (Å²) in [7, 11) is 1.52. The van der Waals surface area contributed by atoms with Crippen LogP contribution in [0.3, 0.4) is 0 Å². The highest BCUT2D eigenvalue weighted by molar-refractivity contribution is 9.10. The fraction of sp³-hybridized carbons (Fsp3) is 0.250. The van der Waals surface area contributed by atoms with Crippen LogP contribution in [-0.4, -0.2) is 34.5 Å². The van der Waals surface area contributed by atoms with E-state index in [9.17, 15) is 4.79 Å². The predicted octanol–water partition coefficient (Wildman–Crippen LogP) is 1.32. The largest absolute Gasteiger partial charge is 0.493 e. The molecule has 1 aromatic heterocycles. The second-order valence-electron chi connectivity index (χ2n) is 4.23. The van der Waals surface area contributed by atoms with E-state index >= 15 is 0 Å². The Hall–Kier alpha value is -2.07. The molecule has 0 aliphatic heterocycles. The van der Waals surface area contributed by atoms with Gasteiger partial charge in [-0.25, -0.2) is 4.68 Å². The molecule has 4 N–H and O–H groups in total.